The van der Waals surface area contributed by atoms with E-state index in [4.69, 9.17) is 5.26 Å². The molecule has 4 aliphatic carbocycles. The first-order valence-electron chi connectivity index (χ1n) is 6.32. The largest absolute Gasteiger partial charge is 0.294 e. The van der Waals surface area contributed by atoms with Gasteiger partial charge in [0.25, 0.3) is 0 Å². The second-order valence-electron chi connectivity index (χ2n) is 6.02. The fraction of sp³-hybridized carbons (Fsp3) is 0.714. The Labute approximate surface area is 96.3 Å². The SMILES string of the molecule is N#CC=CC(=O)C12CC3CC(CC(C3)C1)C2. The number of hydrogen-bond donors (Lipinski definition) is 0. The van der Waals surface area contributed by atoms with Gasteiger partial charge in [-0.05, 0) is 62.4 Å². The van der Waals surface area contributed by atoms with E-state index in [-0.39, 0.29) is 11.2 Å². The van der Waals surface area contributed by atoms with Gasteiger partial charge in [0.1, 0.15) is 0 Å². The Bertz CT molecular complexity index is 353. The summed E-state index contributed by atoms with van der Waals surface area (Å²) in [7, 11) is 0. The number of nitrogens with zero attached hydrogens (tertiary/aromatic N) is 1. The lowest BCUT2D eigenvalue weighted by atomic mass is 9.48. The van der Waals surface area contributed by atoms with Crippen LogP contribution >= 0.6 is 0 Å². The molecule has 16 heavy (non-hydrogen) atoms. The molecule has 0 unspecified atom stereocenters. The van der Waals surface area contributed by atoms with E-state index in [0.717, 1.165) is 37.0 Å². The highest BCUT2D eigenvalue weighted by atomic mass is 16.1. The molecule has 0 aromatic heterocycles. The highest BCUT2D eigenvalue weighted by Crippen LogP contribution is 2.60. The maximum absolute atomic E-state index is 12.2. The van der Waals surface area contributed by atoms with Gasteiger partial charge in [-0.25, -0.2) is 0 Å². The summed E-state index contributed by atoms with van der Waals surface area (Å²) in [5, 5.41) is 8.51. The van der Waals surface area contributed by atoms with Crippen LogP contribution in [-0.2, 0) is 4.79 Å². The molecule has 84 valence electrons. The average Bonchev–Trinajstić information content (AvgIpc) is 2.24. The molecule has 0 atom stereocenters. The third kappa shape index (κ3) is 1.42. The van der Waals surface area contributed by atoms with Crippen LogP contribution in [0.4, 0.5) is 0 Å². The van der Waals surface area contributed by atoms with E-state index >= 15 is 0 Å². The van der Waals surface area contributed by atoms with Crippen LogP contribution < -0.4 is 0 Å². The van der Waals surface area contributed by atoms with Gasteiger partial charge < -0.3 is 0 Å². The summed E-state index contributed by atoms with van der Waals surface area (Å²) in [5.41, 5.74) is -0.0674. The van der Waals surface area contributed by atoms with E-state index in [1.165, 1.54) is 31.4 Å². The summed E-state index contributed by atoms with van der Waals surface area (Å²) in [4.78, 5) is 12.2. The predicted molar refractivity (Wildman–Crippen MR) is 60.4 cm³/mol. The van der Waals surface area contributed by atoms with Gasteiger partial charge in [0.05, 0.1) is 6.07 Å². The van der Waals surface area contributed by atoms with Gasteiger partial charge in [-0.3, -0.25) is 4.79 Å². The Morgan fingerprint density at radius 2 is 1.62 bits per heavy atom. The maximum Gasteiger partial charge on any atom is 0.162 e. The lowest BCUT2D eigenvalue weighted by molar-refractivity contribution is -0.138. The molecule has 2 heteroatoms. The minimum Gasteiger partial charge on any atom is -0.294 e. The Hall–Kier alpha value is -1.10. The molecule has 0 spiro atoms. The summed E-state index contributed by atoms with van der Waals surface area (Å²) in [6.07, 6.45) is 10.2. The Kier molecular flexibility index (Phi) is 2.17. The first kappa shape index (κ1) is 10.1. The molecule has 0 aromatic rings. The molecular weight excluding hydrogens is 198 g/mol. The minimum absolute atomic E-state index is 0.0674. The Morgan fingerprint density at radius 1 is 1.12 bits per heavy atom. The van der Waals surface area contributed by atoms with Gasteiger partial charge in [0, 0.05) is 11.5 Å². The minimum atomic E-state index is -0.0674. The molecule has 0 aromatic carbocycles. The summed E-state index contributed by atoms with van der Waals surface area (Å²) in [6, 6.07) is 1.93. The van der Waals surface area contributed by atoms with Crippen LogP contribution in [0.15, 0.2) is 12.2 Å². The number of allylic oxidation sites excluding steroid dienone is 2. The smallest absolute Gasteiger partial charge is 0.162 e. The summed E-state index contributed by atoms with van der Waals surface area (Å²) in [6.45, 7) is 0. The van der Waals surface area contributed by atoms with Crippen LogP contribution in [0.1, 0.15) is 38.5 Å². The van der Waals surface area contributed by atoms with Crippen LogP contribution in [0, 0.1) is 34.5 Å². The van der Waals surface area contributed by atoms with Gasteiger partial charge in [-0.1, -0.05) is 0 Å². The van der Waals surface area contributed by atoms with Crippen molar-refractivity contribution >= 4 is 5.78 Å². The molecule has 4 saturated carbocycles. The quantitative estimate of drug-likeness (QED) is 0.525. The highest BCUT2D eigenvalue weighted by molar-refractivity contribution is 5.95. The van der Waals surface area contributed by atoms with Crippen LogP contribution in [0.25, 0.3) is 0 Å². The average molecular weight is 215 g/mol. The fourth-order valence-corrected chi connectivity index (χ4v) is 4.70. The van der Waals surface area contributed by atoms with Crippen molar-refractivity contribution in [2.24, 2.45) is 23.2 Å². The normalized spacial score (nSPS) is 44.8. The lowest BCUT2D eigenvalue weighted by Gasteiger charge is -2.55. The zero-order chi connectivity index (χ0) is 11.2. The van der Waals surface area contributed by atoms with Crippen molar-refractivity contribution in [3.63, 3.8) is 0 Å². The highest BCUT2D eigenvalue weighted by Gasteiger charge is 2.53. The number of carbonyl (C=O) groups excluding carboxylic acids is 1. The number of carbonyl (C=O) groups is 1. The van der Waals surface area contributed by atoms with E-state index in [1.54, 1.807) is 0 Å². The van der Waals surface area contributed by atoms with Crippen molar-refractivity contribution in [3.8, 4) is 6.07 Å². The van der Waals surface area contributed by atoms with Crippen molar-refractivity contribution < 1.29 is 4.79 Å². The number of nitriles is 1. The van der Waals surface area contributed by atoms with Crippen LogP contribution in [0.2, 0.25) is 0 Å². The second kappa shape index (κ2) is 3.45. The molecule has 0 amide bonds. The van der Waals surface area contributed by atoms with Gasteiger partial charge in [-0.2, -0.15) is 5.26 Å². The molecule has 4 fully saturated rings. The molecule has 0 aliphatic heterocycles. The van der Waals surface area contributed by atoms with Crippen LogP contribution in [0.3, 0.4) is 0 Å². The summed E-state index contributed by atoms with van der Waals surface area (Å²) in [5.74, 6) is 2.62. The molecule has 0 heterocycles. The van der Waals surface area contributed by atoms with Gasteiger partial charge >= 0.3 is 0 Å². The topological polar surface area (TPSA) is 40.9 Å². The predicted octanol–water partition coefficient (Wildman–Crippen LogP) is 2.85. The zero-order valence-corrected chi connectivity index (χ0v) is 9.48. The zero-order valence-electron chi connectivity index (χ0n) is 9.48. The van der Waals surface area contributed by atoms with Crippen LogP contribution in [-0.4, -0.2) is 5.78 Å². The molecule has 0 radical (unpaired) electrons. The third-order valence-electron chi connectivity index (χ3n) is 4.87. The second-order valence-corrected chi connectivity index (χ2v) is 6.02. The molecular formula is C14H17NO. The van der Waals surface area contributed by atoms with E-state index in [2.05, 4.69) is 0 Å². The van der Waals surface area contributed by atoms with Gasteiger partial charge in [-0.15, -0.1) is 0 Å². The first-order chi connectivity index (χ1) is 7.72. The van der Waals surface area contributed by atoms with Crippen molar-refractivity contribution in [2.75, 3.05) is 0 Å². The first-order valence-corrected chi connectivity index (χ1v) is 6.32. The molecule has 4 rings (SSSR count). The standard InChI is InChI=1S/C14H17NO/c15-3-1-2-13(16)14-7-10-4-11(8-14)6-12(5-10)9-14/h1-2,10-12H,4-9H2. The van der Waals surface area contributed by atoms with Crippen molar-refractivity contribution in [3.05, 3.63) is 12.2 Å². The number of rotatable bonds is 2. The maximum atomic E-state index is 12.2. The lowest BCUT2D eigenvalue weighted by Crippen LogP contribution is -2.49. The molecule has 4 aliphatic rings. The molecule has 0 saturated heterocycles. The van der Waals surface area contributed by atoms with E-state index in [1.807, 2.05) is 6.07 Å². The molecule has 2 nitrogen and oxygen atoms in total. The van der Waals surface area contributed by atoms with Crippen LogP contribution in [0.5, 0.6) is 0 Å². The van der Waals surface area contributed by atoms with Crippen molar-refractivity contribution in [1.29, 1.82) is 5.26 Å². The van der Waals surface area contributed by atoms with E-state index in [9.17, 15) is 4.79 Å². The van der Waals surface area contributed by atoms with Crippen molar-refractivity contribution in [2.45, 2.75) is 38.5 Å². The Balaban J connectivity index is 1.86. The molecule has 0 N–H and O–H groups in total. The third-order valence-corrected chi connectivity index (χ3v) is 4.87. The number of hydrogen-bond acceptors (Lipinski definition) is 2. The number of ketones is 1. The van der Waals surface area contributed by atoms with Gasteiger partial charge in [0.2, 0.25) is 0 Å². The van der Waals surface area contributed by atoms with E-state index < -0.39 is 0 Å². The fourth-order valence-electron chi connectivity index (χ4n) is 4.70. The summed E-state index contributed by atoms with van der Waals surface area (Å²) < 4.78 is 0. The van der Waals surface area contributed by atoms with Gasteiger partial charge in [0.15, 0.2) is 5.78 Å². The Morgan fingerprint density at radius 3 is 2.06 bits per heavy atom. The molecule has 4 bridgehead atoms. The van der Waals surface area contributed by atoms with E-state index in [0.29, 0.717) is 0 Å². The monoisotopic (exact) mass is 215 g/mol. The van der Waals surface area contributed by atoms with Crippen molar-refractivity contribution in [1.82, 2.24) is 0 Å². The summed E-state index contributed by atoms with van der Waals surface area (Å²) >= 11 is 0.